The topological polar surface area (TPSA) is 41.6 Å². The van der Waals surface area contributed by atoms with Crippen LogP contribution in [-0.4, -0.2) is 36.7 Å². The molecule has 1 aliphatic heterocycles. The van der Waals surface area contributed by atoms with Gasteiger partial charge in [-0.3, -0.25) is 0 Å². The summed E-state index contributed by atoms with van der Waals surface area (Å²) in [5.41, 5.74) is 1.21. The Balaban J connectivity index is 1.64. The summed E-state index contributed by atoms with van der Waals surface area (Å²) in [5.74, 6) is 0.566. The number of piperidine rings is 1. The molecule has 21 heavy (non-hydrogen) atoms. The Bertz CT molecular complexity index is 426. The maximum absolute atomic E-state index is 11.9. The number of hydrogen-bond donors (Lipinski definition) is 1. The molecular formula is C17H26N2O2. The molecule has 2 amide bonds. The number of nitrogens with one attached hydrogen (secondary N) is 1. The molecule has 0 spiro atoms. The highest BCUT2D eigenvalue weighted by molar-refractivity contribution is 5.74. The van der Waals surface area contributed by atoms with E-state index in [1.54, 1.807) is 0 Å². The number of carbonyl (C=O) groups is 1. The molecule has 1 aliphatic rings. The molecule has 1 heterocycles. The second-order valence-corrected chi connectivity index (χ2v) is 6.04. The van der Waals surface area contributed by atoms with E-state index in [4.69, 9.17) is 4.74 Å². The van der Waals surface area contributed by atoms with E-state index in [-0.39, 0.29) is 12.1 Å². The number of nitrogens with zero attached hydrogens (tertiary/aromatic N) is 1. The van der Waals surface area contributed by atoms with Crippen molar-refractivity contribution >= 4 is 6.03 Å². The van der Waals surface area contributed by atoms with Crippen LogP contribution in [-0.2, 0) is 11.3 Å². The van der Waals surface area contributed by atoms with Crippen LogP contribution >= 0.6 is 0 Å². The molecular weight excluding hydrogens is 264 g/mol. The molecule has 4 nitrogen and oxygen atoms in total. The summed E-state index contributed by atoms with van der Waals surface area (Å²) >= 11 is 0. The average molecular weight is 290 g/mol. The van der Waals surface area contributed by atoms with Gasteiger partial charge in [-0.05, 0) is 38.2 Å². The molecule has 0 aromatic heterocycles. The fourth-order valence-electron chi connectivity index (χ4n) is 2.56. The molecule has 2 rings (SSSR count). The molecule has 1 aromatic carbocycles. The van der Waals surface area contributed by atoms with Crippen molar-refractivity contribution in [3.63, 3.8) is 0 Å². The molecule has 116 valence electrons. The number of likely N-dealkylation sites (tertiary alicyclic amines) is 1. The molecule has 0 saturated carbocycles. The van der Waals surface area contributed by atoms with E-state index in [0.717, 1.165) is 32.5 Å². The molecule has 0 bridgehead atoms. The molecule has 4 heteroatoms. The van der Waals surface area contributed by atoms with Crippen LogP contribution < -0.4 is 5.32 Å². The minimum absolute atomic E-state index is 0.0636. The Morgan fingerprint density at radius 3 is 2.57 bits per heavy atom. The molecule has 0 atom stereocenters. The molecule has 0 radical (unpaired) electrons. The van der Waals surface area contributed by atoms with Gasteiger partial charge in [-0.1, -0.05) is 30.3 Å². The Morgan fingerprint density at radius 1 is 1.29 bits per heavy atom. The summed E-state index contributed by atoms with van der Waals surface area (Å²) in [6.07, 6.45) is 2.06. The molecule has 0 unspecified atom stereocenters. The van der Waals surface area contributed by atoms with E-state index in [1.807, 2.05) is 36.9 Å². The van der Waals surface area contributed by atoms with Crippen LogP contribution in [0.25, 0.3) is 0 Å². The standard InChI is InChI=1S/C17H26N2O2/c1-14(2)18-17(20)19-10-8-16(9-11-19)13-21-12-15-6-4-3-5-7-15/h3-7,14,16H,8-13H2,1-2H3,(H,18,20). The van der Waals surface area contributed by atoms with Gasteiger partial charge in [-0.2, -0.15) is 0 Å². The van der Waals surface area contributed by atoms with Crippen molar-refractivity contribution in [3.8, 4) is 0 Å². The Labute approximate surface area is 127 Å². The first-order valence-electron chi connectivity index (χ1n) is 7.82. The number of amides is 2. The molecule has 1 aromatic rings. The van der Waals surface area contributed by atoms with Gasteiger partial charge in [0.15, 0.2) is 0 Å². The van der Waals surface area contributed by atoms with Crippen molar-refractivity contribution in [2.24, 2.45) is 5.92 Å². The third kappa shape index (κ3) is 5.38. The number of rotatable bonds is 5. The highest BCUT2D eigenvalue weighted by Crippen LogP contribution is 2.18. The minimum Gasteiger partial charge on any atom is -0.376 e. The largest absolute Gasteiger partial charge is 0.376 e. The third-order valence-corrected chi connectivity index (χ3v) is 3.78. The third-order valence-electron chi connectivity index (χ3n) is 3.78. The van der Waals surface area contributed by atoms with E-state index in [1.165, 1.54) is 5.56 Å². The normalized spacial score (nSPS) is 16.2. The second-order valence-electron chi connectivity index (χ2n) is 6.04. The van der Waals surface area contributed by atoms with Crippen LogP contribution in [0.5, 0.6) is 0 Å². The van der Waals surface area contributed by atoms with Crippen molar-refractivity contribution in [1.82, 2.24) is 10.2 Å². The fourth-order valence-corrected chi connectivity index (χ4v) is 2.56. The highest BCUT2D eigenvalue weighted by Gasteiger charge is 2.23. The monoisotopic (exact) mass is 290 g/mol. The van der Waals surface area contributed by atoms with Crippen LogP contribution in [0.15, 0.2) is 30.3 Å². The maximum Gasteiger partial charge on any atom is 0.317 e. The maximum atomic E-state index is 11.9. The molecule has 1 fully saturated rings. The van der Waals surface area contributed by atoms with Gasteiger partial charge in [-0.25, -0.2) is 4.79 Å². The Hall–Kier alpha value is -1.55. The van der Waals surface area contributed by atoms with E-state index in [0.29, 0.717) is 12.5 Å². The summed E-state index contributed by atoms with van der Waals surface area (Å²) in [5, 5.41) is 2.95. The lowest BCUT2D eigenvalue weighted by atomic mass is 9.98. The summed E-state index contributed by atoms with van der Waals surface area (Å²) in [4.78, 5) is 13.8. The van der Waals surface area contributed by atoms with Gasteiger partial charge >= 0.3 is 6.03 Å². The number of benzene rings is 1. The summed E-state index contributed by atoms with van der Waals surface area (Å²) in [6, 6.07) is 10.5. The van der Waals surface area contributed by atoms with Crippen LogP contribution in [0.4, 0.5) is 4.79 Å². The SMILES string of the molecule is CC(C)NC(=O)N1CCC(COCc2ccccc2)CC1. The van der Waals surface area contributed by atoms with Gasteiger partial charge in [-0.15, -0.1) is 0 Å². The molecule has 0 aliphatic carbocycles. The smallest absolute Gasteiger partial charge is 0.317 e. The Kier molecular flexibility index (Phi) is 6.05. The summed E-state index contributed by atoms with van der Waals surface area (Å²) in [6.45, 7) is 7.10. The zero-order valence-electron chi connectivity index (χ0n) is 13.0. The highest BCUT2D eigenvalue weighted by atomic mass is 16.5. The number of ether oxygens (including phenoxy) is 1. The van der Waals surface area contributed by atoms with E-state index in [2.05, 4.69) is 17.4 Å². The quantitative estimate of drug-likeness (QED) is 0.905. The Morgan fingerprint density at radius 2 is 1.95 bits per heavy atom. The van der Waals surface area contributed by atoms with Crippen LogP contribution in [0, 0.1) is 5.92 Å². The van der Waals surface area contributed by atoms with Crippen molar-refractivity contribution < 1.29 is 9.53 Å². The first-order valence-corrected chi connectivity index (χ1v) is 7.82. The van der Waals surface area contributed by atoms with Gasteiger partial charge < -0.3 is 15.0 Å². The summed E-state index contributed by atoms with van der Waals surface area (Å²) < 4.78 is 5.80. The second kappa shape index (κ2) is 8.03. The van der Waals surface area contributed by atoms with Crippen LogP contribution in [0.2, 0.25) is 0 Å². The van der Waals surface area contributed by atoms with Crippen molar-refractivity contribution in [2.45, 2.75) is 39.3 Å². The zero-order chi connectivity index (χ0) is 15.1. The predicted octanol–water partition coefficient (Wildman–Crippen LogP) is 3.03. The van der Waals surface area contributed by atoms with Crippen molar-refractivity contribution in [1.29, 1.82) is 0 Å². The number of urea groups is 1. The summed E-state index contributed by atoms with van der Waals surface area (Å²) in [7, 11) is 0. The van der Waals surface area contributed by atoms with Gasteiger partial charge in [0.05, 0.1) is 6.61 Å². The first-order chi connectivity index (χ1) is 10.1. The number of carbonyl (C=O) groups excluding carboxylic acids is 1. The van der Waals surface area contributed by atoms with Gasteiger partial charge in [0.1, 0.15) is 0 Å². The average Bonchev–Trinajstić information content (AvgIpc) is 2.48. The van der Waals surface area contributed by atoms with Gasteiger partial charge in [0.25, 0.3) is 0 Å². The number of hydrogen-bond acceptors (Lipinski definition) is 2. The predicted molar refractivity (Wildman–Crippen MR) is 84.1 cm³/mol. The molecule has 1 saturated heterocycles. The van der Waals surface area contributed by atoms with Crippen molar-refractivity contribution in [3.05, 3.63) is 35.9 Å². The van der Waals surface area contributed by atoms with Gasteiger partial charge in [0, 0.05) is 25.7 Å². The molecule has 1 N–H and O–H groups in total. The van der Waals surface area contributed by atoms with Crippen LogP contribution in [0.3, 0.4) is 0 Å². The van der Waals surface area contributed by atoms with E-state index in [9.17, 15) is 4.79 Å². The lowest BCUT2D eigenvalue weighted by Crippen LogP contribution is -2.46. The lowest BCUT2D eigenvalue weighted by Gasteiger charge is -2.32. The van der Waals surface area contributed by atoms with Crippen LogP contribution in [0.1, 0.15) is 32.3 Å². The minimum atomic E-state index is 0.0636. The van der Waals surface area contributed by atoms with Gasteiger partial charge in [0.2, 0.25) is 0 Å². The van der Waals surface area contributed by atoms with E-state index >= 15 is 0 Å². The van der Waals surface area contributed by atoms with Crippen molar-refractivity contribution in [2.75, 3.05) is 19.7 Å². The fraction of sp³-hybridized carbons (Fsp3) is 0.588. The lowest BCUT2D eigenvalue weighted by molar-refractivity contribution is 0.0628. The zero-order valence-corrected chi connectivity index (χ0v) is 13.0. The first kappa shape index (κ1) is 15.8. The van der Waals surface area contributed by atoms with E-state index < -0.39 is 0 Å².